The van der Waals surface area contributed by atoms with Gasteiger partial charge >= 0.3 is 0 Å². The first-order chi connectivity index (χ1) is 22.7. The number of aliphatic hydroxyl groups is 1. The molecule has 0 spiro atoms. The summed E-state index contributed by atoms with van der Waals surface area (Å²) in [5.74, 6) is 0.352. The molecule has 0 aliphatic carbocycles. The first-order valence-corrected chi connectivity index (χ1v) is 16.3. The van der Waals surface area contributed by atoms with E-state index in [2.05, 4.69) is 25.9 Å². The van der Waals surface area contributed by atoms with Crippen LogP contribution in [0.1, 0.15) is 37.8 Å². The maximum atomic E-state index is 15.3. The van der Waals surface area contributed by atoms with Crippen LogP contribution < -0.4 is 20.7 Å². The molecule has 1 aliphatic heterocycles. The summed E-state index contributed by atoms with van der Waals surface area (Å²) < 4.78 is 21.0. The molecule has 248 valence electrons. The second-order valence-electron chi connectivity index (χ2n) is 11.6. The van der Waals surface area contributed by atoms with Gasteiger partial charge in [0, 0.05) is 85.9 Å². The molecule has 12 heteroatoms. The normalized spacial score (nSPS) is 14.2. The van der Waals surface area contributed by atoms with Crippen molar-refractivity contribution in [3.63, 3.8) is 0 Å². The van der Waals surface area contributed by atoms with Gasteiger partial charge in [0.15, 0.2) is 11.6 Å². The molecule has 1 fully saturated rings. The summed E-state index contributed by atoms with van der Waals surface area (Å²) in [6.45, 7) is 6.00. The third kappa shape index (κ3) is 8.38. The predicted molar refractivity (Wildman–Crippen MR) is 185 cm³/mol. The van der Waals surface area contributed by atoms with E-state index in [1.807, 2.05) is 29.2 Å². The third-order valence-electron chi connectivity index (χ3n) is 8.24. The molecule has 2 aromatic carbocycles. The first kappa shape index (κ1) is 34.5. The van der Waals surface area contributed by atoms with E-state index in [4.69, 9.17) is 27.9 Å². The number of nitrogens with zero attached hydrogens (tertiary/aromatic N) is 3. The fourth-order valence-electron chi connectivity index (χ4n) is 5.63. The van der Waals surface area contributed by atoms with Crippen molar-refractivity contribution >= 4 is 40.6 Å². The molecule has 0 unspecified atom stereocenters. The monoisotopic (exact) mass is 680 g/mol. The van der Waals surface area contributed by atoms with Crippen LogP contribution in [-0.4, -0.2) is 64.8 Å². The maximum Gasteiger partial charge on any atom is 0.219 e. The Morgan fingerprint density at radius 1 is 1.04 bits per heavy atom. The molecule has 1 aliphatic rings. The highest BCUT2D eigenvalue weighted by molar-refractivity contribution is 6.39. The van der Waals surface area contributed by atoms with Crippen molar-refractivity contribution in [3.8, 4) is 28.1 Å². The summed E-state index contributed by atoms with van der Waals surface area (Å²) in [7, 11) is 1.64. The van der Waals surface area contributed by atoms with Crippen molar-refractivity contribution in [1.29, 1.82) is 0 Å². The lowest BCUT2D eigenvalue weighted by Gasteiger charge is -2.32. The number of methoxy groups -OCH3 is 1. The summed E-state index contributed by atoms with van der Waals surface area (Å²) in [5.41, 5.74) is 4.53. The van der Waals surface area contributed by atoms with Crippen LogP contribution in [0.5, 0.6) is 5.75 Å². The molecule has 4 N–H and O–H groups in total. The van der Waals surface area contributed by atoms with Crippen LogP contribution >= 0.6 is 23.2 Å². The lowest BCUT2D eigenvalue weighted by atomic mass is 10.0. The number of carbonyl (C=O) groups is 1. The van der Waals surface area contributed by atoms with E-state index in [9.17, 15) is 9.90 Å². The SMILES string of the molecule is COc1cc(-c2nccc(-c3cccc(Nc4nccc(CNC[C@@H](C)O)c4F)c3Cl)c2Cl)ccc1CNC1CCN(C(C)=O)CC1. The van der Waals surface area contributed by atoms with Crippen LogP contribution in [0.25, 0.3) is 22.4 Å². The van der Waals surface area contributed by atoms with Crippen molar-refractivity contribution < 1.29 is 19.0 Å². The molecule has 4 aromatic rings. The number of piperidine rings is 1. The highest BCUT2D eigenvalue weighted by atomic mass is 35.5. The third-order valence-corrected chi connectivity index (χ3v) is 9.03. The molecule has 47 heavy (non-hydrogen) atoms. The van der Waals surface area contributed by atoms with Crippen LogP contribution in [0.4, 0.5) is 15.9 Å². The number of ether oxygens (including phenoxy) is 1. The Bertz CT molecular complexity index is 1720. The molecule has 2 aromatic heterocycles. The number of nitrogens with one attached hydrogen (secondary N) is 3. The van der Waals surface area contributed by atoms with Gasteiger partial charge in [-0.2, -0.15) is 0 Å². The molecular formula is C35H39Cl2FN6O3. The zero-order chi connectivity index (χ0) is 33.5. The van der Waals surface area contributed by atoms with E-state index in [-0.39, 0.29) is 18.3 Å². The number of halogens is 3. The Morgan fingerprint density at radius 3 is 2.51 bits per heavy atom. The minimum absolute atomic E-state index is 0.0325. The van der Waals surface area contributed by atoms with Gasteiger partial charge in [-0.15, -0.1) is 0 Å². The molecule has 1 saturated heterocycles. The fourth-order valence-corrected chi connectivity index (χ4v) is 6.23. The smallest absolute Gasteiger partial charge is 0.219 e. The van der Waals surface area contributed by atoms with Crippen LogP contribution in [0.3, 0.4) is 0 Å². The van der Waals surface area contributed by atoms with Gasteiger partial charge in [0.1, 0.15) is 5.75 Å². The van der Waals surface area contributed by atoms with Crippen molar-refractivity contribution in [1.82, 2.24) is 25.5 Å². The number of hydrogen-bond donors (Lipinski definition) is 4. The molecule has 0 saturated carbocycles. The number of rotatable bonds is 12. The Morgan fingerprint density at radius 2 is 1.79 bits per heavy atom. The van der Waals surface area contributed by atoms with Crippen molar-refractivity contribution in [2.45, 2.75) is 51.9 Å². The van der Waals surface area contributed by atoms with Gasteiger partial charge in [-0.05, 0) is 44.0 Å². The average molecular weight is 682 g/mol. The van der Waals surface area contributed by atoms with Gasteiger partial charge in [0.05, 0.1) is 34.6 Å². The van der Waals surface area contributed by atoms with Gasteiger partial charge in [-0.1, -0.05) is 47.5 Å². The number of benzene rings is 2. The summed E-state index contributed by atoms with van der Waals surface area (Å²) in [5, 5.41) is 19.9. The Kier molecular flexibility index (Phi) is 11.7. The lowest BCUT2D eigenvalue weighted by molar-refractivity contribution is -0.129. The second kappa shape index (κ2) is 15.9. The predicted octanol–water partition coefficient (Wildman–Crippen LogP) is 6.58. The number of amides is 1. The molecular weight excluding hydrogens is 642 g/mol. The average Bonchev–Trinajstić information content (AvgIpc) is 3.06. The Labute approximate surface area is 284 Å². The minimum Gasteiger partial charge on any atom is -0.496 e. The number of likely N-dealkylation sites (tertiary alicyclic amines) is 1. The van der Waals surface area contributed by atoms with Gasteiger partial charge in [-0.25, -0.2) is 9.37 Å². The quantitative estimate of drug-likeness (QED) is 0.133. The Hall–Kier alpha value is -3.80. The van der Waals surface area contributed by atoms with Gasteiger partial charge < -0.3 is 30.7 Å². The molecule has 5 rings (SSSR count). The van der Waals surface area contributed by atoms with Crippen LogP contribution in [0.15, 0.2) is 60.9 Å². The van der Waals surface area contributed by atoms with E-state index in [0.29, 0.717) is 63.0 Å². The summed E-state index contributed by atoms with van der Waals surface area (Å²) >= 11 is 13.9. The number of pyridine rings is 2. The standard InChI is InChI=1S/C35H39Cl2FN6O3/c1-21(45)18-39-19-25-9-13-41-35(33(25)38)43-29-6-4-5-27(31(29)36)28-10-14-40-34(32(28)37)23-7-8-24(30(17-23)47-3)20-42-26-11-15-44(16-12-26)22(2)46/h4-10,13-14,17,21,26,39,42,45H,11-12,15-16,18-20H2,1-3H3,(H,41,43)/t21-/m1/s1. The van der Waals surface area contributed by atoms with Crippen molar-refractivity contribution in [3.05, 3.63) is 87.9 Å². The van der Waals surface area contributed by atoms with E-state index >= 15 is 4.39 Å². The van der Waals surface area contributed by atoms with Crippen LogP contribution in [-0.2, 0) is 17.9 Å². The van der Waals surface area contributed by atoms with E-state index in [0.717, 1.165) is 37.1 Å². The second-order valence-corrected chi connectivity index (χ2v) is 12.4. The first-order valence-electron chi connectivity index (χ1n) is 15.5. The van der Waals surface area contributed by atoms with Crippen LogP contribution in [0.2, 0.25) is 10.0 Å². The van der Waals surface area contributed by atoms with Gasteiger partial charge in [-0.3, -0.25) is 9.78 Å². The minimum atomic E-state index is -0.544. The molecule has 9 nitrogen and oxygen atoms in total. The number of carbonyl (C=O) groups excluding carboxylic acids is 1. The highest BCUT2D eigenvalue weighted by Crippen LogP contribution is 2.42. The highest BCUT2D eigenvalue weighted by Gasteiger charge is 2.22. The summed E-state index contributed by atoms with van der Waals surface area (Å²) in [6.07, 6.45) is 4.46. The summed E-state index contributed by atoms with van der Waals surface area (Å²) in [6, 6.07) is 15.0. The molecule has 1 amide bonds. The Balaban J connectivity index is 1.34. The van der Waals surface area contributed by atoms with Gasteiger partial charge in [0.25, 0.3) is 0 Å². The van der Waals surface area contributed by atoms with E-state index in [1.54, 1.807) is 51.4 Å². The topological polar surface area (TPSA) is 112 Å². The molecule has 3 heterocycles. The largest absolute Gasteiger partial charge is 0.496 e. The summed E-state index contributed by atoms with van der Waals surface area (Å²) in [4.78, 5) is 22.3. The van der Waals surface area contributed by atoms with E-state index in [1.165, 1.54) is 6.20 Å². The van der Waals surface area contributed by atoms with Crippen LogP contribution in [0, 0.1) is 5.82 Å². The van der Waals surface area contributed by atoms with Gasteiger partial charge in [0.2, 0.25) is 5.91 Å². The van der Waals surface area contributed by atoms with E-state index < -0.39 is 11.9 Å². The zero-order valence-corrected chi connectivity index (χ0v) is 28.1. The fraction of sp³-hybridized carbons (Fsp3) is 0.343. The van der Waals surface area contributed by atoms with Crippen molar-refractivity contribution in [2.24, 2.45) is 0 Å². The molecule has 1 atom stereocenters. The molecule has 0 radical (unpaired) electrons. The lowest BCUT2D eigenvalue weighted by Crippen LogP contribution is -2.43. The number of aliphatic hydroxyl groups excluding tert-OH is 1. The zero-order valence-electron chi connectivity index (χ0n) is 26.6. The number of hydrogen-bond acceptors (Lipinski definition) is 8. The molecule has 0 bridgehead atoms. The number of anilines is 2. The maximum absolute atomic E-state index is 15.3. The number of aromatic nitrogens is 2. The van der Waals surface area contributed by atoms with Crippen molar-refractivity contribution in [2.75, 3.05) is 32.1 Å².